The number of hydrogen-bond donors (Lipinski definition) is 2. The van der Waals surface area contributed by atoms with Crippen LogP contribution in [0.15, 0.2) is 30.6 Å². The molecule has 1 aromatic heterocycles. The van der Waals surface area contributed by atoms with Gasteiger partial charge in [0.15, 0.2) is 0 Å². The topological polar surface area (TPSA) is 70.4 Å². The molecule has 2 N–H and O–H groups in total. The Morgan fingerprint density at radius 2 is 2.16 bits per heavy atom. The maximum absolute atomic E-state index is 12.6. The molecule has 2 aromatic rings. The minimum absolute atomic E-state index is 0.000328. The molecular formula is C19H26N4O2. The fourth-order valence-electron chi connectivity index (χ4n) is 3.35. The second-order valence-corrected chi connectivity index (χ2v) is 6.92. The van der Waals surface area contributed by atoms with E-state index in [0.717, 1.165) is 24.1 Å². The van der Waals surface area contributed by atoms with Crippen molar-refractivity contribution in [3.05, 3.63) is 47.5 Å². The second kappa shape index (κ2) is 7.27. The van der Waals surface area contributed by atoms with Crippen LogP contribution in [-0.2, 0) is 7.05 Å². The molecule has 1 saturated heterocycles. The van der Waals surface area contributed by atoms with Gasteiger partial charge in [-0.05, 0) is 49.9 Å². The van der Waals surface area contributed by atoms with Gasteiger partial charge in [0.1, 0.15) is 11.9 Å². The number of carbonyl (C=O) groups is 1. The summed E-state index contributed by atoms with van der Waals surface area (Å²) in [6, 6.07) is 5.80. The molecule has 1 aliphatic heterocycles. The summed E-state index contributed by atoms with van der Waals surface area (Å²) >= 11 is 0. The van der Waals surface area contributed by atoms with Crippen molar-refractivity contribution in [1.29, 1.82) is 0 Å². The average molecular weight is 342 g/mol. The fraction of sp³-hybridized carbons (Fsp3) is 0.474. The van der Waals surface area contributed by atoms with Crippen molar-refractivity contribution >= 4 is 11.7 Å². The summed E-state index contributed by atoms with van der Waals surface area (Å²) in [6.07, 6.45) is 4.63. The van der Waals surface area contributed by atoms with Crippen LogP contribution in [0.4, 0.5) is 10.5 Å². The lowest BCUT2D eigenvalue weighted by Gasteiger charge is -2.34. The van der Waals surface area contributed by atoms with E-state index in [-0.39, 0.29) is 11.9 Å². The van der Waals surface area contributed by atoms with Crippen molar-refractivity contribution in [3.8, 4) is 0 Å². The molecule has 2 unspecified atom stereocenters. The zero-order valence-electron chi connectivity index (χ0n) is 15.1. The first-order chi connectivity index (χ1) is 12.0. The fourth-order valence-corrected chi connectivity index (χ4v) is 3.35. The molecule has 0 saturated carbocycles. The van der Waals surface area contributed by atoms with Gasteiger partial charge in [0.25, 0.3) is 0 Å². The van der Waals surface area contributed by atoms with Gasteiger partial charge >= 0.3 is 6.03 Å². The number of aromatic nitrogens is 2. The van der Waals surface area contributed by atoms with Crippen molar-refractivity contribution in [1.82, 2.24) is 14.5 Å². The Balaban J connectivity index is 1.65. The SMILES string of the molecule is Cc1ccc(NC(=O)N2CCCC(C(O)c3nccn3C)C2)cc1C. The second-order valence-electron chi connectivity index (χ2n) is 6.92. The highest BCUT2D eigenvalue weighted by molar-refractivity contribution is 5.89. The van der Waals surface area contributed by atoms with E-state index in [1.807, 2.05) is 42.9 Å². The lowest BCUT2D eigenvalue weighted by Crippen LogP contribution is -2.44. The maximum atomic E-state index is 12.6. The number of amides is 2. The van der Waals surface area contributed by atoms with Crippen LogP contribution in [0.5, 0.6) is 0 Å². The lowest BCUT2D eigenvalue weighted by molar-refractivity contribution is 0.0552. The smallest absolute Gasteiger partial charge is 0.321 e. The quantitative estimate of drug-likeness (QED) is 0.901. The van der Waals surface area contributed by atoms with Crippen LogP contribution in [-0.4, -0.2) is 38.7 Å². The van der Waals surface area contributed by atoms with Crippen molar-refractivity contribution in [2.75, 3.05) is 18.4 Å². The van der Waals surface area contributed by atoms with Gasteiger partial charge in [-0.1, -0.05) is 6.07 Å². The molecule has 2 atom stereocenters. The summed E-state index contributed by atoms with van der Waals surface area (Å²) in [6.45, 7) is 5.32. The average Bonchev–Trinajstić information content (AvgIpc) is 3.03. The largest absolute Gasteiger partial charge is 0.385 e. The molecule has 2 amide bonds. The molecule has 1 fully saturated rings. The minimum Gasteiger partial charge on any atom is -0.385 e. The highest BCUT2D eigenvalue weighted by atomic mass is 16.3. The number of hydrogen-bond acceptors (Lipinski definition) is 3. The number of aryl methyl sites for hydroxylation is 3. The molecule has 2 heterocycles. The summed E-state index contributed by atoms with van der Waals surface area (Å²) in [5.41, 5.74) is 3.16. The first kappa shape index (κ1) is 17.5. The van der Waals surface area contributed by atoms with Gasteiger partial charge in [0.2, 0.25) is 0 Å². The number of aliphatic hydroxyl groups excluding tert-OH is 1. The molecule has 0 radical (unpaired) electrons. The molecule has 6 nitrogen and oxygen atoms in total. The van der Waals surface area contributed by atoms with Gasteiger partial charge in [-0.3, -0.25) is 0 Å². The first-order valence-electron chi connectivity index (χ1n) is 8.74. The summed E-state index contributed by atoms with van der Waals surface area (Å²) < 4.78 is 1.83. The zero-order valence-corrected chi connectivity index (χ0v) is 15.1. The highest BCUT2D eigenvalue weighted by Gasteiger charge is 2.31. The summed E-state index contributed by atoms with van der Waals surface area (Å²) in [7, 11) is 1.87. The Kier molecular flexibility index (Phi) is 5.08. The molecule has 1 aromatic carbocycles. The number of anilines is 1. The summed E-state index contributed by atoms with van der Waals surface area (Å²) in [4.78, 5) is 18.6. The minimum atomic E-state index is -0.655. The summed E-state index contributed by atoms with van der Waals surface area (Å²) in [5, 5.41) is 13.6. The normalized spacial score (nSPS) is 18.9. The molecule has 6 heteroatoms. The number of nitrogens with zero attached hydrogens (tertiary/aromatic N) is 3. The van der Waals surface area contributed by atoms with E-state index in [2.05, 4.69) is 17.2 Å². The molecule has 0 bridgehead atoms. The molecule has 134 valence electrons. The molecular weight excluding hydrogens is 316 g/mol. The molecule has 0 aliphatic carbocycles. The van der Waals surface area contributed by atoms with E-state index in [1.54, 1.807) is 11.1 Å². The van der Waals surface area contributed by atoms with E-state index in [4.69, 9.17) is 0 Å². The van der Waals surface area contributed by atoms with Gasteiger partial charge in [-0.2, -0.15) is 0 Å². The van der Waals surface area contributed by atoms with Crippen LogP contribution in [0, 0.1) is 19.8 Å². The maximum Gasteiger partial charge on any atom is 0.321 e. The Bertz CT molecular complexity index is 756. The Morgan fingerprint density at radius 3 is 2.84 bits per heavy atom. The van der Waals surface area contributed by atoms with Crippen LogP contribution < -0.4 is 5.32 Å². The number of rotatable bonds is 3. The number of benzene rings is 1. The summed E-state index contributed by atoms with van der Waals surface area (Å²) in [5.74, 6) is 0.654. The number of imidazole rings is 1. The molecule has 1 aliphatic rings. The van der Waals surface area contributed by atoms with Gasteiger partial charge in [-0.15, -0.1) is 0 Å². The standard InChI is InChI=1S/C19H26N4O2/c1-13-6-7-16(11-14(13)2)21-19(25)23-9-4-5-15(12-23)17(24)18-20-8-10-22(18)3/h6-8,10-11,15,17,24H,4-5,9,12H2,1-3H3,(H,21,25). The van der Waals surface area contributed by atoms with Crippen LogP contribution >= 0.6 is 0 Å². The van der Waals surface area contributed by atoms with Crippen LogP contribution in [0.25, 0.3) is 0 Å². The monoisotopic (exact) mass is 342 g/mol. The third-order valence-corrected chi connectivity index (χ3v) is 5.07. The zero-order chi connectivity index (χ0) is 18.0. The van der Waals surface area contributed by atoms with Crippen molar-refractivity contribution in [2.45, 2.75) is 32.8 Å². The van der Waals surface area contributed by atoms with E-state index in [9.17, 15) is 9.90 Å². The first-order valence-corrected chi connectivity index (χ1v) is 8.74. The van der Waals surface area contributed by atoms with Crippen LogP contribution in [0.2, 0.25) is 0 Å². The molecule has 0 spiro atoms. The van der Waals surface area contributed by atoms with E-state index in [0.29, 0.717) is 18.9 Å². The van der Waals surface area contributed by atoms with Gasteiger partial charge in [0.05, 0.1) is 0 Å². The van der Waals surface area contributed by atoms with Gasteiger partial charge < -0.3 is 19.9 Å². The number of nitrogens with one attached hydrogen (secondary N) is 1. The number of urea groups is 1. The highest BCUT2D eigenvalue weighted by Crippen LogP contribution is 2.29. The van der Waals surface area contributed by atoms with Crippen molar-refractivity contribution in [2.24, 2.45) is 13.0 Å². The molecule has 25 heavy (non-hydrogen) atoms. The van der Waals surface area contributed by atoms with Crippen LogP contribution in [0.1, 0.15) is 35.9 Å². The predicted octanol–water partition coefficient (Wildman–Crippen LogP) is 3.01. The Hall–Kier alpha value is -2.34. The van der Waals surface area contributed by atoms with E-state index >= 15 is 0 Å². The van der Waals surface area contributed by atoms with Gasteiger partial charge in [-0.25, -0.2) is 9.78 Å². The van der Waals surface area contributed by atoms with Gasteiger partial charge in [0, 0.05) is 44.1 Å². The molecule has 3 rings (SSSR count). The lowest BCUT2D eigenvalue weighted by atomic mass is 9.92. The number of likely N-dealkylation sites (tertiary alicyclic amines) is 1. The van der Waals surface area contributed by atoms with E-state index < -0.39 is 6.10 Å². The number of carbonyl (C=O) groups excluding carboxylic acids is 1. The third kappa shape index (κ3) is 3.85. The predicted molar refractivity (Wildman–Crippen MR) is 97.4 cm³/mol. The van der Waals surface area contributed by atoms with Crippen LogP contribution in [0.3, 0.4) is 0 Å². The number of aliphatic hydroxyl groups is 1. The Morgan fingerprint density at radius 1 is 1.36 bits per heavy atom. The number of piperidine rings is 1. The third-order valence-electron chi connectivity index (χ3n) is 5.07. The van der Waals surface area contributed by atoms with E-state index in [1.165, 1.54) is 5.56 Å². The Labute approximate surface area is 148 Å². The van der Waals surface area contributed by atoms with Crippen molar-refractivity contribution < 1.29 is 9.90 Å². The van der Waals surface area contributed by atoms with Crippen molar-refractivity contribution in [3.63, 3.8) is 0 Å².